The molecule has 1 atom stereocenters. The van der Waals surface area contributed by atoms with Crippen LogP contribution in [0.25, 0.3) is 0 Å². The number of carbonyl (C=O) groups excluding carboxylic acids is 2. The first kappa shape index (κ1) is 21.3. The van der Waals surface area contributed by atoms with Crippen LogP contribution in [-0.2, 0) is 14.3 Å². The minimum atomic E-state index is -0.183. The molecule has 2 amide bonds. The minimum Gasteiger partial charge on any atom is -0.375 e. The van der Waals surface area contributed by atoms with Gasteiger partial charge in [0.2, 0.25) is 11.8 Å². The molecule has 2 saturated heterocycles. The third kappa shape index (κ3) is 5.22. The van der Waals surface area contributed by atoms with Gasteiger partial charge in [0, 0.05) is 37.4 Å². The van der Waals surface area contributed by atoms with E-state index in [4.69, 9.17) is 4.74 Å². The van der Waals surface area contributed by atoms with Crippen LogP contribution in [0.15, 0.2) is 24.3 Å². The molecule has 164 valence electrons. The molecule has 6 heteroatoms. The van der Waals surface area contributed by atoms with Crippen molar-refractivity contribution >= 4 is 23.2 Å². The van der Waals surface area contributed by atoms with Crippen LogP contribution in [0.3, 0.4) is 0 Å². The van der Waals surface area contributed by atoms with Gasteiger partial charge in [-0.15, -0.1) is 0 Å². The molecule has 2 aliphatic heterocycles. The zero-order valence-corrected chi connectivity index (χ0v) is 18.1. The van der Waals surface area contributed by atoms with Gasteiger partial charge in [-0.1, -0.05) is 25.3 Å². The van der Waals surface area contributed by atoms with E-state index in [2.05, 4.69) is 10.2 Å². The third-order valence-corrected chi connectivity index (χ3v) is 6.84. The van der Waals surface area contributed by atoms with E-state index in [1.807, 2.05) is 31.2 Å². The van der Waals surface area contributed by atoms with Gasteiger partial charge in [-0.05, 0) is 57.2 Å². The average Bonchev–Trinajstić information content (AvgIpc) is 3.20. The summed E-state index contributed by atoms with van der Waals surface area (Å²) in [6.07, 6.45) is 10.7. The standard InChI is InChI=1S/C24H35N3O3/c1-18(26-15-12-22(13-16-26)30-21-9-3-2-4-10-21)24(29)25-19-7-5-8-20(17-19)27-14-6-11-23(27)28/h5,7-8,17-18,21-22H,2-4,6,9-16H2,1H3,(H,25,29). The number of nitrogens with one attached hydrogen (secondary N) is 1. The molecule has 0 radical (unpaired) electrons. The van der Waals surface area contributed by atoms with Gasteiger partial charge >= 0.3 is 0 Å². The first-order valence-electron chi connectivity index (χ1n) is 11.7. The molecule has 1 unspecified atom stereocenters. The molecular formula is C24H35N3O3. The van der Waals surface area contributed by atoms with E-state index < -0.39 is 0 Å². The summed E-state index contributed by atoms with van der Waals surface area (Å²) in [5, 5.41) is 3.04. The number of benzene rings is 1. The lowest BCUT2D eigenvalue weighted by atomic mass is 9.97. The highest BCUT2D eigenvalue weighted by Gasteiger charge is 2.29. The fraction of sp³-hybridized carbons (Fsp3) is 0.667. The SMILES string of the molecule is CC(C(=O)Nc1cccc(N2CCCC2=O)c1)N1CCC(OC2CCCCC2)CC1. The van der Waals surface area contributed by atoms with Crippen molar-refractivity contribution < 1.29 is 14.3 Å². The van der Waals surface area contributed by atoms with Crippen LogP contribution in [0.2, 0.25) is 0 Å². The molecule has 2 heterocycles. The largest absolute Gasteiger partial charge is 0.375 e. The van der Waals surface area contributed by atoms with E-state index >= 15 is 0 Å². The second-order valence-corrected chi connectivity index (χ2v) is 9.00. The topological polar surface area (TPSA) is 61.9 Å². The number of piperidine rings is 1. The van der Waals surface area contributed by atoms with E-state index in [-0.39, 0.29) is 17.9 Å². The van der Waals surface area contributed by atoms with Gasteiger partial charge in [-0.3, -0.25) is 14.5 Å². The first-order chi connectivity index (χ1) is 14.6. The molecule has 1 saturated carbocycles. The van der Waals surface area contributed by atoms with Crippen LogP contribution in [0.5, 0.6) is 0 Å². The highest BCUT2D eigenvalue weighted by Crippen LogP contribution is 2.26. The van der Waals surface area contributed by atoms with Crippen LogP contribution < -0.4 is 10.2 Å². The van der Waals surface area contributed by atoms with Crippen LogP contribution in [0.4, 0.5) is 11.4 Å². The molecule has 0 bridgehead atoms. The lowest BCUT2D eigenvalue weighted by molar-refractivity contribution is -0.122. The van der Waals surface area contributed by atoms with Gasteiger partial charge in [0.15, 0.2) is 0 Å². The molecule has 3 aliphatic rings. The van der Waals surface area contributed by atoms with E-state index in [1.54, 1.807) is 4.90 Å². The Hall–Kier alpha value is -1.92. The van der Waals surface area contributed by atoms with Crippen LogP contribution in [-0.4, -0.2) is 54.6 Å². The Morgan fingerprint density at radius 2 is 1.77 bits per heavy atom. The minimum absolute atomic E-state index is 0.00606. The van der Waals surface area contributed by atoms with Crippen molar-refractivity contribution in [3.05, 3.63) is 24.3 Å². The summed E-state index contributed by atoms with van der Waals surface area (Å²) in [6, 6.07) is 7.43. The van der Waals surface area contributed by atoms with E-state index in [9.17, 15) is 9.59 Å². The van der Waals surface area contributed by atoms with Crippen LogP contribution in [0.1, 0.15) is 64.7 Å². The van der Waals surface area contributed by atoms with Gasteiger partial charge in [-0.25, -0.2) is 0 Å². The Morgan fingerprint density at radius 3 is 2.47 bits per heavy atom. The molecule has 1 N–H and O–H groups in total. The third-order valence-electron chi connectivity index (χ3n) is 6.84. The van der Waals surface area contributed by atoms with Gasteiger partial charge in [-0.2, -0.15) is 0 Å². The van der Waals surface area contributed by atoms with Crippen molar-refractivity contribution in [2.45, 2.75) is 83.0 Å². The van der Waals surface area contributed by atoms with Crippen molar-refractivity contribution in [1.82, 2.24) is 4.90 Å². The lowest BCUT2D eigenvalue weighted by Crippen LogP contribution is -2.47. The molecule has 6 nitrogen and oxygen atoms in total. The molecule has 4 rings (SSSR count). The second kappa shape index (κ2) is 9.92. The fourth-order valence-electron chi connectivity index (χ4n) is 4.96. The number of anilines is 2. The molecule has 30 heavy (non-hydrogen) atoms. The number of amides is 2. The van der Waals surface area contributed by atoms with E-state index in [0.717, 1.165) is 50.3 Å². The number of carbonyl (C=O) groups is 2. The molecule has 0 spiro atoms. The van der Waals surface area contributed by atoms with Crippen molar-refractivity contribution in [3.63, 3.8) is 0 Å². The average molecular weight is 414 g/mol. The Balaban J connectivity index is 1.26. The quantitative estimate of drug-likeness (QED) is 0.767. The maximum atomic E-state index is 12.8. The van der Waals surface area contributed by atoms with Gasteiger partial charge < -0.3 is 15.0 Å². The number of ether oxygens (including phenoxy) is 1. The van der Waals surface area contributed by atoms with Gasteiger partial charge in [0.25, 0.3) is 0 Å². The zero-order valence-electron chi connectivity index (χ0n) is 18.1. The molecular weight excluding hydrogens is 378 g/mol. The predicted molar refractivity (Wildman–Crippen MR) is 119 cm³/mol. The van der Waals surface area contributed by atoms with Crippen molar-refractivity contribution in [2.75, 3.05) is 29.9 Å². The van der Waals surface area contributed by atoms with Gasteiger partial charge in [0.05, 0.1) is 18.2 Å². The molecule has 3 fully saturated rings. The summed E-state index contributed by atoms with van der Waals surface area (Å²) in [6.45, 7) is 4.53. The Bertz CT molecular complexity index is 739. The van der Waals surface area contributed by atoms with Crippen molar-refractivity contribution in [1.29, 1.82) is 0 Å². The van der Waals surface area contributed by atoms with Gasteiger partial charge in [0.1, 0.15) is 0 Å². The molecule has 1 aromatic carbocycles. The highest BCUT2D eigenvalue weighted by molar-refractivity contribution is 5.98. The summed E-state index contributed by atoms with van der Waals surface area (Å²) in [5.74, 6) is 0.164. The Kier molecular flexibility index (Phi) is 7.05. The predicted octanol–water partition coefficient (Wildman–Crippen LogP) is 3.95. The van der Waals surface area contributed by atoms with E-state index in [1.165, 1.54) is 32.1 Å². The lowest BCUT2D eigenvalue weighted by Gasteiger charge is -2.37. The molecule has 1 aliphatic carbocycles. The highest BCUT2D eigenvalue weighted by atomic mass is 16.5. The van der Waals surface area contributed by atoms with Crippen molar-refractivity contribution in [3.8, 4) is 0 Å². The van der Waals surface area contributed by atoms with Crippen molar-refractivity contribution in [2.24, 2.45) is 0 Å². The smallest absolute Gasteiger partial charge is 0.241 e. The zero-order chi connectivity index (χ0) is 20.9. The Morgan fingerprint density at radius 1 is 1.03 bits per heavy atom. The summed E-state index contributed by atoms with van der Waals surface area (Å²) in [5.41, 5.74) is 1.61. The Labute approximate surface area is 179 Å². The summed E-state index contributed by atoms with van der Waals surface area (Å²) < 4.78 is 6.33. The van der Waals surface area contributed by atoms with E-state index in [0.29, 0.717) is 18.6 Å². The monoisotopic (exact) mass is 413 g/mol. The summed E-state index contributed by atoms with van der Waals surface area (Å²) >= 11 is 0. The normalized spacial score (nSPS) is 23.0. The van der Waals surface area contributed by atoms with Crippen LogP contribution in [0, 0.1) is 0 Å². The number of nitrogens with zero attached hydrogens (tertiary/aromatic N) is 2. The first-order valence-corrected chi connectivity index (χ1v) is 11.7. The maximum Gasteiger partial charge on any atom is 0.241 e. The second-order valence-electron chi connectivity index (χ2n) is 9.00. The molecule has 1 aromatic rings. The number of rotatable bonds is 6. The molecule has 0 aromatic heterocycles. The van der Waals surface area contributed by atoms with Crippen LogP contribution >= 0.6 is 0 Å². The number of hydrogen-bond donors (Lipinski definition) is 1. The summed E-state index contributed by atoms with van der Waals surface area (Å²) in [7, 11) is 0. The number of likely N-dealkylation sites (tertiary alicyclic amines) is 1. The maximum absolute atomic E-state index is 12.8. The summed E-state index contributed by atoms with van der Waals surface area (Å²) in [4.78, 5) is 28.9. The fourth-order valence-corrected chi connectivity index (χ4v) is 4.96. The number of hydrogen-bond acceptors (Lipinski definition) is 4.